The van der Waals surface area contributed by atoms with E-state index in [4.69, 9.17) is 9.47 Å². The van der Waals surface area contributed by atoms with Gasteiger partial charge in [0.1, 0.15) is 12.4 Å². The molecule has 0 aliphatic heterocycles. The van der Waals surface area contributed by atoms with Crippen molar-refractivity contribution in [2.24, 2.45) is 0 Å². The molecule has 0 radical (unpaired) electrons. The summed E-state index contributed by atoms with van der Waals surface area (Å²) in [5.74, 6) is -0.191. The molecule has 0 unspecified atom stereocenters. The first kappa shape index (κ1) is 19.2. The molecule has 1 amide bonds. The number of para-hydroxylation sites is 1. The van der Waals surface area contributed by atoms with Gasteiger partial charge in [-0.1, -0.05) is 30.9 Å². The van der Waals surface area contributed by atoms with Crippen molar-refractivity contribution in [2.75, 3.05) is 18.1 Å². The highest BCUT2D eigenvalue weighted by atomic mass is 16.5. The molecule has 2 rings (SSSR count). The molecule has 5 nitrogen and oxygen atoms in total. The third-order valence-corrected chi connectivity index (χ3v) is 3.60. The number of esters is 1. The van der Waals surface area contributed by atoms with Crippen LogP contribution in [0.2, 0.25) is 0 Å². The van der Waals surface area contributed by atoms with Crippen LogP contribution in [0.15, 0.2) is 67.3 Å². The van der Waals surface area contributed by atoms with E-state index in [0.717, 1.165) is 5.69 Å². The molecule has 0 bridgehead atoms. The number of carbonyl (C=O) groups excluding carboxylic acids is 2. The molecule has 0 aliphatic rings. The predicted molar refractivity (Wildman–Crippen MR) is 101 cm³/mol. The van der Waals surface area contributed by atoms with E-state index in [1.54, 1.807) is 35.2 Å². The zero-order valence-electron chi connectivity index (χ0n) is 15.1. The summed E-state index contributed by atoms with van der Waals surface area (Å²) in [4.78, 5) is 26.3. The molecule has 0 heterocycles. The molecule has 26 heavy (non-hydrogen) atoms. The standard InChI is InChI=1S/C21H23NO4/c1-4-14-25-19-12-10-17(11-13-19)21(24)26-15-20(23)22(16(2)3)18-8-6-5-7-9-18/h4-13,16H,1,14-15H2,2-3H3. The third-order valence-electron chi connectivity index (χ3n) is 3.60. The largest absolute Gasteiger partial charge is 0.490 e. The summed E-state index contributed by atoms with van der Waals surface area (Å²) in [5, 5.41) is 0. The van der Waals surface area contributed by atoms with Crippen LogP contribution < -0.4 is 9.64 Å². The van der Waals surface area contributed by atoms with E-state index in [2.05, 4.69) is 6.58 Å². The Morgan fingerprint density at radius 3 is 2.31 bits per heavy atom. The topological polar surface area (TPSA) is 55.8 Å². The van der Waals surface area contributed by atoms with Gasteiger partial charge in [-0.05, 0) is 50.2 Å². The molecule has 0 N–H and O–H groups in total. The molecule has 0 fully saturated rings. The minimum absolute atomic E-state index is 0.0510. The second kappa shape index (κ2) is 9.42. The molecule has 0 saturated carbocycles. The number of hydrogen-bond donors (Lipinski definition) is 0. The lowest BCUT2D eigenvalue weighted by Crippen LogP contribution is -2.39. The maximum absolute atomic E-state index is 12.5. The molecule has 0 aliphatic carbocycles. The normalized spacial score (nSPS) is 10.3. The summed E-state index contributed by atoms with van der Waals surface area (Å²) < 4.78 is 10.5. The molecule has 0 spiro atoms. The summed E-state index contributed by atoms with van der Waals surface area (Å²) in [7, 11) is 0. The molecule has 0 aromatic heterocycles. The van der Waals surface area contributed by atoms with Crippen molar-refractivity contribution in [1.82, 2.24) is 0 Å². The van der Waals surface area contributed by atoms with Crippen LogP contribution >= 0.6 is 0 Å². The highest BCUT2D eigenvalue weighted by Gasteiger charge is 2.20. The van der Waals surface area contributed by atoms with Crippen molar-refractivity contribution >= 4 is 17.6 Å². The highest BCUT2D eigenvalue weighted by molar-refractivity contribution is 5.97. The second-order valence-corrected chi connectivity index (χ2v) is 5.89. The van der Waals surface area contributed by atoms with Gasteiger partial charge in [-0.25, -0.2) is 4.79 Å². The fourth-order valence-corrected chi connectivity index (χ4v) is 2.44. The average molecular weight is 353 g/mol. The van der Waals surface area contributed by atoms with E-state index in [0.29, 0.717) is 17.9 Å². The van der Waals surface area contributed by atoms with Crippen molar-refractivity contribution in [3.05, 3.63) is 72.8 Å². The van der Waals surface area contributed by atoms with Crippen LogP contribution in [-0.2, 0) is 9.53 Å². The van der Waals surface area contributed by atoms with Crippen LogP contribution in [0.1, 0.15) is 24.2 Å². The van der Waals surface area contributed by atoms with E-state index < -0.39 is 5.97 Å². The number of anilines is 1. The van der Waals surface area contributed by atoms with Crippen LogP contribution in [-0.4, -0.2) is 31.1 Å². The molecule has 136 valence electrons. The van der Waals surface area contributed by atoms with E-state index in [1.807, 2.05) is 44.2 Å². The van der Waals surface area contributed by atoms with Gasteiger partial charge in [-0.3, -0.25) is 4.79 Å². The third kappa shape index (κ3) is 5.21. The number of carbonyl (C=O) groups is 2. The molecule has 2 aromatic rings. The first-order valence-corrected chi connectivity index (χ1v) is 8.41. The van der Waals surface area contributed by atoms with Crippen LogP contribution in [0.5, 0.6) is 5.75 Å². The fourth-order valence-electron chi connectivity index (χ4n) is 2.44. The molecule has 2 aromatic carbocycles. The quantitative estimate of drug-likeness (QED) is 0.534. The van der Waals surface area contributed by atoms with Crippen LogP contribution in [0.3, 0.4) is 0 Å². The highest BCUT2D eigenvalue weighted by Crippen LogP contribution is 2.17. The van der Waals surface area contributed by atoms with Crippen LogP contribution in [0.4, 0.5) is 5.69 Å². The minimum Gasteiger partial charge on any atom is -0.490 e. The summed E-state index contributed by atoms with van der Waals surface area (Å²) in [6, 6.07) is 15.8. The molecular weight excluding hydrogens is 330 g/mol. The zero-order chi connectivity index (χ0) is 18.9. The fraction of sp³-hybridized carbons (Fsp3) is 0.238. The van der Waals surface area contributed by atoms with Crippen LogP contribution in [0, 0.1) is 0 Å². The molecule has 5 heteroatoms. The van der Waals surface area contributed by atoms with Gasteiger partial charge >= 0.3 is 5.97 Å². The lowest BCUT2D eigenvalue weighted by atomic mass is 10.2. The van der Waals surface area contributed by atoms with Crippen molar-refractivity contribution in [3.8, 4) is 5.75 Å². The van der Waals surface area contributed by atoms with Crippen molar-refractivity contribution in [2.45, 2.75) is 19.9 Å². The number of benzene rings is 2. The Bertz CT molecular complexity index is 738. The van der Waals surface area contributed by atoms with E-state index in [1.165, 1.54) is 0 Å². The number of amides is 1. The summed E-state index contributed by atoms with van der Waals surface area (Å²) in [6.07, 6.45) is 1.64. The zero-order valence-corrected chi connectivity index (χ0v) is 15.1. The maximum atomic E-state index is 12.5. The monoisotopic (exact) mass is 353 g/mol. The van der Waals surface area contributed by atoms with Gasteiger partial charge in [-0.2, -0.15) is 0 Å². The van der Waals surface area contributed by atoms with E-state index in [9.17, 15) is 9.59 Å². The molecule has 0 saturated heterocycles. The predicted octanol–water partition coefficient (Wildman–Crippen LogP) is 3.85. The van der Waals surface area contributed by atoms with Gasteiger partial charge in [0.05, 0.1) is 5.56 Å². The van der Waals surface area contributed by atoms with Crippen molar-refractivity contribution in [3.63, 3.8) is 0 Å². The Hall–Kier alpha value is -3.08. The van der Waals surface area contributed by atoms with E-state index >= 15 is 0 Å². The van der Waals surface area contributed by atoms with Crippen molar-refractivity contribution < 1.29 is 19.1 Å². The first-order valence-electron chi connectivity index (χ1n) is 8.41. The Morgan fingerprint density at radius 2 is 1.73 bits per heavy atom. The van der Waals surface area contributed by atoms with Gasteiger partial charge < -0.3 is 14.4 Å². The SMILES string of the molecule is C=CCOc1ccc(C(=O)OCC(=O)N(c2ccccc2)C(C)C)cc1. The minimum atomic E-state index is -0.551. The van der Waals surface area contributed by atoms with Gasteiger partial charge in [0, 0.05) is 11.7 Å². The number of nitrogens with zero attached hydrogens (tertiary/aromatic N) is 1. The number of ether oxygens (including phenoxy) is 2. The smallest absolute Gasteiger partial charge is 0.338 e. The lowest BCUT2D eigenvalue weighted by molar-refractivity contribution is -0.122. The average Bonchev–Trinajstić information content (AvgIpc) is 2.65. The van der Waals surface area contributed by atoms with Gasteiger partial charge in [0.25, 0.3) is 5.91 Å². The Balaban J connectivity index is 1.97. The Morgan fingerprint density at radius 1 is 1.08 bits per heavy atom. The Kier molecular flexibility index (Phi) is 6.97. The maximum Gasteiger partial charge on any atom is 0.338 e. The summed E-state index contributed by atoms with van der Waals surface area (Å²) in [6.45, 7) is 7.47. The van der Waals surface area contributed by atoms with Gasteiger partial charge in [0.2, 0.25) is 0 Å². The lowest BCUT2D eigenvalue weighted by Gasteiger charge is -2.26. The van der Waals surface area contributed by atoms with Crippen LogP contribution in [0.25, 0.3) is 0 Å². The van der Waals surface area contributed by atoms with E-state index in [-0.39, 0.29) is 18.6 Å². The second-order valence-electron chi connectivity index (χ2n) is 5.89. The van der Waals surface area contributed by atoms with Gasteiger partial charge in [-0.15, -0.1) is 0 Å². The number of rotatable bonds is 8. The molecular formula is C21H23NO4. The molecule has 0 atom stereocenters. The first-order chi connectivity index (χ1) is 12.5. The van der Waals surface area contributed by atoms with Crippen molar-refractivity contribution in [1.29, 1.82) is 0 Å². The number of hydrogen-bond acceptors (Lipinski definition) is 4. The summed E-state index contributed by atoms with van der Waals surface area (Å²) in [5.41, 5.74) is 1.13. The Labute approximate surface area is 153 Å². The van der Waals surface area contributed by atoms with Gasteiger partial charge in [0.15, 0.2) is 6.61 Å². The summed E-state index contributed by atoms with van der Waals surface area (Å²) >= 11 is 0.